The van der Waals surface area contributed by atoms with Crippen molar-refractivity contribution in [1.29, 1.82) is 0 Å². The predicted molar refractivity (Wildman–Crippen MR) is 144 cm³/mol. The second-order valence-electron chi connectivity index (χ2n) is 9.65. The fourth-order valence-electron chi connectivity index (χ4n) is 4.78. The molecule has 0 bridgehead atoms. The van der Waals surface area contributed by atoms with Gasteiger partial charge in [-0.3, -0.25) is 19.8 Å². The number of unbranched alkanes of at least 4 members (excludes halogenated alkanes) is 5. The number of carbonyl (C=O) groups excluding carboxylic acids is 3. The van der Waals surface area contributed by atoms with Crippen LogP contribution in [-0.4, -0.2) is 61.5 Å². The van der Waals surface area contributed by atoms with E-state index in [-0.39, 0.29) is 11.8 Å². The summed E-state index contributed by atoms with van der Waals surface area (Å²) in [5.74, 6) is -0.578. The molecule has 0 saturated heterocycles. The number of anilines is 1. The molecule has 0 fully saturated rings. The van der Waals surface area contributed by atoms with E-state index in [0.717, 1.165) is 30.0 Å². The Labute approximate surface area is 212 Å². The number of hydrogen-bond acceptors (Lipinski definition) is 5. The maximum absolute atomic E-state index is 13.6. The van der Waals surface area contributed by atoms with Gasteiger partial charge in [-0.2, -0.15) is 0 Å². The van der Waals surface area contributed by atoms with Crippen LogP contribution in [0.25, 0.3) is 21.5 Å². The van der Waals surface area contributed by atoms with E-state index >= 15 is 0 Å². The number of hydrogen-bond donors (Lipinski definition) is 1. The zero-order valence-corrected chi connectivity index (χ0v) is 21.4. The van der Waals surface area contributed by atoms with Gasteiger partial charge >= 0.3 is 6.09 Å². The normalized spacial score (nSPS) is 13.2. The van der Waals surface area contributed by atoms with Gasteiger partial charge in [0.25, 0.3) is 11.8 Å². The lowest BCUT2D eigenvalue weighted by Gasteiger charge is -2.29. The molecule has 1 aliphatic heterocycles. The van der Waals surface area contributed by atoms with E-state index in [9.17, 15) is 14.4 Å². The summed E-state index contributed by atoms with van der Waals surface area (Å²) in [5.41, 5.74) is 1.61. The second kappa shape index (κ2) is 11.5. The highest BCUT2D eigenvalue weighted by Gasteiger charge is 2.34. The van der Waals surface area contributed by atoms with Crippen LogP contribution in [0.3, 0.4) is 0 Å². The zero-order chi connectivity index (χ0) is 25.7. The molecule has 0 atom stereocenters. The van der Waals surface area contributed by atoms with E-state index in [1.54, 1.807) is 12.1 Å². The van der Waals surface area contributed by atoms with Crippen molar-refractivity contribution >= 4 is 45.1 Å². The molecule has 3 aromatic carbocycles. The Balaban J connectivity index is 1.61. The first-order chi connectivity index (χ1) is 17.4. The summed E-state index contributed by atoms with van der Waals surface area (Å²) in [6.45, 7) is 3.44. The number of nitrogens with zero attached hydrogens (tertiary/aromatic N) is 2. The number of amides is 3. The van der Waals surface area contributed by atoms with Crippen molar-refractivity contribution in [1.82, 2.24) is 9.80 Å². The molecule has 36 heavy (non-hydrogen) atoms. The Morgan fingerprint density at radius 3 is 2.47 bits per heavy atom. The molecule has 0 unspecified atom stereocenters. The maximum atomic E-state index is 13.6. The third-order valence-electron chi connectivity index (χ3n) is 6.70. The summed E-state index contributed by atoms with van der Waals surface area (Å²) in [4.78, 5) is 42.6. The molecule has 1 aliphatic rings. The molecule has 0 spiro atoms. The first-order valence-corrected chi connectivity index (χ1v) is 12.9. The Bertz CT molecular complexity index is 1280. The van der Waals surface area contributed by atoms with Crippen LogP contribution in [0, 0.1) is 0 Å². The van der Waals surface area contributed by atoms with Crippen LogP contribution in [-0.2, 0) is 4.74 Å². The first kappa shape index (κ1) is 25.6. The summed E-state index contributed by atoms with van der Waals surface area (Å²) >= 11 is 0. The van der Waals surface area contributed by atoms with Gasteiger partial charge in [-0.15, -0.1) is 0 Å². The SMILES string of the molecule is CCCCCCCCOC(=O)Nc1cccc2c3c4c(cccc4cc12)C(=O)N(CCN(C)C)C3=O. The van der Waals surface area contributed by atoms with Gasteiger partial charge in [-0.05, 0) is 49.5 Å². The van der Waals surface area contributed by atoms with Crippen molar-refractivity contribution in [3.8, 4) is 0 Å². The number of rotatable bonds is 11. The molecule has 3 aromatic rings. The molecule has 0 aromatic heterocycles. The lowest BCUT2D eigenvalue weighted by atomic mass is 9.89. The summed E-state index contributed by atoms with van der Waals surface area (Å²) in [6.07, 6.45) is 6.20. The van der Waals surface area contributed by atoms with Gasteiger partial charge in [0, 0.05) is 29.4 Å². The topological polar surface area (TPSA) is 79.0 Å². The number of likely N-dealkylation sites (N-methyl/N-ethyl adjacent to an activating group) is 1. The standard InChI is InChI=1S/C29H35N3O4/c1-4-5-6-7-8-9-18-36-29(35)30-24-15-11-13-21-23(24)19-20-12-10-14-22-25(20)26(21)28(34)32(27(22)33)17-16-31(2)3/h10-15,19H,4-9,16-18H2,1-3H3,(H,30,35). The highest BCUT2D eigenvalue weighted by atomic mass is 16.5. The average molecular weight is 490 g/mol. The molecule has 1 heterocycles. The number of nitrogens with one attached hydrogen (secondary N) is 1. The van der Waals surface area contributed by atoms with Gasteiger partial charge in [0.15, 0.2) is 0 Å². The van der Waals surface area contributed by atoms with Crippen molar-refractivity contribution in [2.45, 2.75) is 45.4 Å². The monoisotopic (exact) mass is 489 g/mol. The molecule has 0 aliphatic carbocycles. The molecule has 0 radical (unpaired) electrons. The van der Waals surface area contributed by atoms with Crippen LogP contribution in [0.15, 0.2) is 42.5 Å². The Morgan fingerprint density at radius 1 is 0.944 bits per heavy atom. The summed E-state index contributed by atoms with van der Waals surface area (Å²) < 4.78 is 5.41. The van der Waals surface area contributed by atoms with E-state index in [0.29, 0.717) is 47.3 Å². The fraction of sp³-hybridized carbons (Fsp3) is 0.414. The predicted octanol–water partition coefficient (Wildman–Crippen LogP) is 6.06. The molecule has 190 valence electrons. The number of ether oxygens (including phenoxy) is 1. The minimum Gasteiger partial charge on any atom is -0.449 e. The Morgan fingerprint density at radius 2 is 1.69 bits per heavy atom. The highest BCUT2D eigenvalue weighted by Crippen LogP contribution is 2.38. The third-order valence-corrected chi connectivity index (χ3v) is 6.70. The van der Waals surface area contributed by atoms with E-state index in [1.807, 2.05) is 49.3 Å². The molecule has 7 heteroatoms. The summed E-state index contributed by atoms with van der Waals surface area (Å²) in [5, 5.41) is 5.77. The maximum Gasteiger partial charge on any atom is 0.411 e. The van der Waals surface area contributed by atoms with Crippen molar-refractivity contribution in [2.24, 2.45) is 0 Å². The van der Waals surface area contributed by atoms with Crippen LogP contribution in [0.4, 0.5) is 10.5 Å². The van der Waals surface area contributed by atoms with Gasteiger partial charge in [0.1, 0.15) is 0 Å². The van der Waals surface area contributed by atoms with Gasteiger partial charge in [0.2, 0.25) is 0 Å². The number of carbonyl (C=O) groups is 3. The van der Waals surface area contributed by atoms with Crippen LogP contribution < -0.4 is 5.32 Å². The number of benzene rings is 3. The summed E-state index contributed by atoms with van der Waals surface area (Å²) in [7, 11) is 3.82. The third kappa shape index (κ3) is 5.36. The molecule has 7 nitrogen and oxygen atoms in total. The molecule has 3 amide bonds. The van der Waals surface area contributed by atoms with Crippen LogP contribution >= 0.6 is 0 Å². The molecule has 0 saturated carbocycles. The van der Waals surface area contributed by atoms with E-state index in [4.69, 9.17) is 4.74 Å². The minimum atomic E-state index is -0.507. The minimum absolute atomic E-state index is 0.271. The van der Waals surface area contributed by atoms with E-state index in [2.05, 4.69) is 12.2 Å². The lowest BCUT2D eigenvalue weighted by molar-refractivity contribution is 0.0602. The number of fused-ring (bicyclic) bond motifs is 2. The van der Waals surface area contributed by atoms with Crippen LogP contribution in [0.1, 0.15) is 66.2 Å². The quantitative estimate of drug-likeness (QED) is 0.201. The molecule has 4 rings (SSSR count). The van der Waals surface area contributed by atoms with Gasteiger partial charge in [-0.1, -0.05) is 63.3 Å². The smallest absolute Gasteiger partial charge is 0.411 e. The van der Waals surface area contributed by atoms with Gasteiger partial charge in [0.05, 0.1) is 17.9 Å². The van der Waals surface area contributed by atoms with Gasteiger partial charge in [-0.25, -0.2) is 4.79 Å². The lowest BCUT2D eigenvalue weighted by Crippen LogP contribution is -2.43. The van der Waals surface area contributed by atoms with Crippen LogP contribution in [0.2, 0.25) is 0 Å². The van der Waals surface area contributed by atoms with Crippen LogP contribution in [0.5, 0.6) is 0 Å². The highest BCUT2D eigenvalue weighted by molar-refractivity contribution is 6.31. The molecule has 1 N–H and O–H groups in total. The van der Waals surface area contributed by atoms with Crippen molar-refractivity contribution in [2.75, 3.05) is 39.1 Å². The first-order valence-electron chi connectivity index (χ1n) is 12.9. The average Bonchev–Trinajstić information content (AvgIpc) is 2.86. The molecular formula is C29H35N3O4. The zero-order valence-electron chi connectivity index (χ0n) is 21.4. The Kier molecular flexibility index (Phi) is 8.21. The van der Waals surface area contributed by atoms with E-state index in [1.165, 1.54) is 24.2 Å². The Hall–Kier alpha value is -3.45. The fourth-order valence-corrected chi connectivity index (χ4v) is 4.78. The van der Waals surface area contributed by atoms with E-state index < -0.39 is 6.09 Å². The molecular weight excluding hydrogens is 454 g/mol. The second-order valence-corrected chi connectivity index (χ2v) is 9.65. The van der Waals surface area contributed by atoms with Crippen molar-refractivity contribution in [3.05, 3.63) is 53.6 Å². The number of imide groups is 1. The van der Waals surface area contributed by atoms with Gasteiger partial charge < -0.3 is 9.64 Å². The summed E-state index contributed by atoms with van der Waals surface area (Å²) in [6, 6.07) is 12.9. The van der Waals surface area contributed by atoms with Crippen molar-refractivity contribution < 1.29 is 19.1 Å². The largest absolute Gasteiger partial charge is 0.449 e. The van der Waals surface area contributed by atoms with Crippen molar-refractivity contribution in [3.63, 3.8) is 0 Å².